The number of nitrogens with one attached hydrogen (secondary N) is 1. The lowest BCUT2D eigenvalue weighted by molar-refractivity contribution is 0.0953. The minimum absolute atomic E-state index is 0.152. The molecular weight excluding hydrogens is 376 g/mol. The van der Waals surface area contributed by atoms with Crippen molar-refractivity contribution in [3.63, 3.8) is 0 Å². The third kappa shape index (κ3) is 4.06. The fraction of sp³-hybridized carbons (Fsp3) is 0.300. The summed E-state index contributed by atoms with van der Waals surface area (Å²) in [5.74, 6) is -0.475. The maximum atomic E-state index is 12.8. The molecule has 0 saturated carbocycles. The normalized spacial score (nSPS) is 10.1. The van der Waals surface area contributed by atoms with Crippen LogP contribution in [0.2, 0.25) is 0 Å². The average molecular weight is 386 g/mol. The van der Waals surface area contributed by atoms with Crippen molar-refractivity contribution < 1.29 is 9.18 Å². The molecule has 1 aromatic carbocycles. The van der Waals surface area contributed by atoms with Gasteiger partial charge in [0.2, 0.25) is 0 Å². The Balaban J connectivity index is 2.65. The van der Waals surface area contributed by atoms with Crippen LogP contribution in [0.5, 0.6) is 0 Å². The summed E-state index contributed by atoms with van der Waals surface area (Å²) < 4.78 is 13.4. The second-order valence-corrected chi connectivity index (χ2v) is 4.88. The van der Waals surface area contributed by atoms with E-state index in [-0.39, 0.29) is 11.7 Å². The summed E-state index contributed by atoms with van der Waals surface area (Å²) in [7, 11) is 0. The van der Waals surface area contributed by atoms with Crippen LogP contribution in [0.25, 0.3) is 0 Å². The minimum atomic E-state index is -0.323. The van der Waals surface area contributed by atoms with E-state index in [1.54, 1.807) is 0 Å². The number of carbonyl (C=O) groups excluding carboxylic acids is 1. The number of benzene rings is 1. The molecule has 0 aliphatic rings. The Morgan fingerprint density at radius 3 is 2.87 bits per heavy atom. The monoisotopic (exact) mass is 385 g/mol. The van der Waals surface area contributed by atoms with Crippen molar-refractivity contribution >= 4 is 44.4 Å². The molecule has 0 radical (unpaired) electrons. The Morgan fingerprint density at radius 1 is 1.53 bits per heavy atom. The number of halogens is 3. The first-order valence-corrected chi connectivity index (χ1v) is 6.64. The summed E-state index contributed by atoms with van der Waals surface area (Å²) in [6.07, 6.45) is 0.878. The van der Waals surface area contributed by atoms with Crippen molar-refractivity contribution in [1.82, 2.24) is 5.32 Å². The van der Waals surface area contributed by atoms with E-state index in [0.717, 1.165) is 11.8 Å². The SMILES string of the molecule is O=C(NCCCBr)c1ccc(F)cc1I. The predicted molar refractivity (Wildman–Crippen MR) is 69.9 cm³/mol. The second-order valence-electron chi connectivity index (χ2n) is 2.92. The van der Waals surface area contributed by atoms with Gasteiger partial charge in [0.25, 0.3) is 5.91 Å². The highest BCUT2D eigenvalue weighted by atomic mass is 127. The Kier molecular flexibility index (Phi) is 5.52. The smallest absolute Gasteiger partial charge is 0.252 e. The third-order valence-electron chi connectivity index (χ3n) is 1.77. The number of rotatable bonds is 4. The van der Waals surface area contributed by atoms with Gasteiger partial charge in [-0.1, -0.05) is 15.9 Å². The van der Waals surface area contributed by atoms with Crippen LogP contribution in [0.1, 0.15) is 16.8 Å². The molecule has 0 unspecified atom stereocenters. The molecule has 0 bridgehead atoms. The Bertz CT molecular complexity index is 359. The Morgan fingerprint density at radius 2 is 2.27 bits per heavy atom. The number of alkyl halides is 1. The molecule has 1 rings (SSSR count). The molecule has 0 aliphatic carbocycles. The van der Waals surface area contributed by atoms with Gasteiger partial charge in [-0.25, -0.2) is 4.39 Å². The van der Waals surface area contributed by atoms with Crippen LogP contribution in [-0.4, -0.2) is 17.8 Å². The van der Waals surface area contributed by atoms with Gasteiger partial charge in [-0.15, -0.1) is 0 Å². The van der Waals surface area contributed by atoms with Crippen LogP contribution < -0.4 is 5.32 Å². The van der Waals surface area contributed by atoms with E-state index in [9.17, 15) is 9.18 Å². The molecule has 82 valence electrons. The molecule has 0 aromatic heterocycles. The van der Waals surface area contributed by atoms with E-state index in [0.29, 0.717) is 15.7 Å². The topological polar surface area (TPSA) is 29.1 Å². The number of amides is 1. The van der Waals surface area contributed by atoms with Crippen molar-refractivity contribution in [2.24, 2.45) is 0 Å². The maximum absolute atomic E-state index is 12.8. The van der Waals surface area contributed by atoms with Crippen LogP contribution in [0.4, 0.5) is 4.39 Å². The van der Waals surface area contributed by atoms with E-state index < -0.39 is 0 Å². The first kappa shape index (κ1) is 12.9. The first-order chi connectivity index (χ1) is 7.15. The minimum Gasteiger partial charge on any atom is -0.352 e. The summed E-state index contributed by atoms with van der Waals surface area (Å²) in [5.41, 5.74) is 0.520. The van der Waals surface area contributed by atoms with Crippen LogP contribution in [-0.2, 0) is 0 Å². The highest BCUT2D eigenvalue weighted by Gasteiger charge is 2.09. The molecule has 0 aliphatic heterocycles. The standard InChI is InChI=1S/C10H10BrFINO/c11-4-1-5-14-10(15)8-3-2-7(12)6-9(8)13/h2-3,6H,1,4-5H2,(H,14,15). The van der Waals surface area contributed by atoms with Crippen LogP contribution in [0, 0.1) is 9.39 Å². The molecule has 0 heterocycles. The zero-order chi connectivity index (χ0) is 11.3. The van der Waals surface area contributed by atoms with Gasteiger partial charge < -0.3 is 5.32 Å². The molecule has 2 nitrogen and oxygen atoms in total. The molecule has 0 atom stereocenters. The number of hydrogen-bond donors (Lipinski definition) is 1. The van der Waals surface area contributed by atoms with E-state index in [2.05, 4.69) is 21.2 Å². The molecule has 0 saturated heterocycles. The summed E-state index contributed by atoms with van der Waals surface area (Å²) in [5, 5.41) is 3.62. The van der Waals surface area contributed by atoms with Crippen LogP contribution >= 0.6 is 38.5 Å². The lowest BCUT2D eigenvalue weighted by Crippen LogP contribution is -2.25. The fourth-order valence-corrected chi connectivity index (χ4v) is 2.04. The van der Waals surface area contributed by atoms with Gasteiger partial charge >= 0.3 is 0 Å². The maximum Gasteiger partial charge on any atom is 0.252 e. The van der Waals surface area contributed by atoms with Crippen LogP contribution in [0.15, 0.2) is 18.2 Å². The van der Waals surface area contributed by atoms with Crippen molar-refractivity contribution in [1.29, 1.82) is 0 Å². The van der Waals surface area contributed by atoms with Crippen molar-refractivity contribution in [2.75, 3.05) is 11.9 Å². The van der Waals surface area contributed by atoms with Gasteiger partial charge in [-0.05, 0) is 47.2 Å². The zero-order valence-corrected chi connectivity index (χ0v) is 11.6. The molecule has 1 amide bonds. The van der Waals surface area contributed by atoms with Gasteiger partial charge in [-0.2, -0.15) is 0 Å². The lowest BCUT2D eigenvalue weighted by atomic mass is 10.2. The summed E-state index contributed by atoms with van der Waals surface area (Å²) in [6, 6.07) is 4.14. The van der Waals surface area contributed by atoms with Crippen molar-refractivity contribution in [2.45, 2.75) is 6.42 Å². The fourth-order valence-electron chi connectivity index (χ4n) is 1.04. The van der Waals surface area contributed by atoms with Crippen LogP contribution in [0.3, 0.4) is 0 Å². The van der Waals surface area contributed by atoms with E-state index in [1.807, 2.05) is 22.6 Å². The summed E-state index contributed by atoms with van der Waals surface area (Å²) >= 11 is 5.23. The predicted octanol–water partition coefficient (Wildman–Crippen LogP) is 2.95. The molecule has 1 N–H and O–H groups in total. The second kappa shape index (κ2) is 6.42. The van der Waals surface area contributed by atoms with Crippen molar-refractivity contribution in [3.05, 3.63) is 33.1 Å². The lowest BCUT2D eigenvalue weighted by Gasteiger charge is -2.05. The summed E-state index contributed by atoms with van der Waals surface area (Å²) in [4.78, 5) is 11.6. The van der Waals surface area contributed by atoms with Gasteiger partial charge in [0.1, 0.15) is 5.82 Å². The Labute approximate surface area is 110 Å². The third-order valence-corrected chi connectivity index (χ3v) is 3.22. The first-order valence-electron chi connectivity index (χ1n) is 4.44. The molecule has 0 fully saturated rings. The van der Waals surface area contributed by atoms with Gasteiger partial charge in [0, 0.05) is 15.4 Å². The van der Waals surface area contributed by atoms with Crippen molar-refractivity contribution in [3.8, 4) is 0 Å². The molecule has 1 aromatic rings. The van der Waals surface area contributed by atoms with E-state index in [1.165, 1.54) is 18.2 Å². The average Bonchev–Trinajstić information content (AvgIpc) is 2.17. The molecular formula is C10H10BrFINO. The highest BCUT2D eigenvalue weighted by Crippen LogP contribution is 2.13. The quantitative estimate of drug-likeness (QED) is 0.482. The van der Waals surface area contributed by atoms with Gasteiger partial charge in [0.15, 0.2) is 0 Å². The number of hydrogen-bond acceptors (Lipinski definition) is 1. The number of carbonyl (C=O) groups is 1. The Hall–Kier alpha value is -0.170. The van der Waals surface area contributed by atoms with Gasteiger partial charge in [0.05, 0.1) is 5.56 Å². The largest absolute Gasteiger partial charge is 0.352 e. The van der Waals surface area contributed by atoms with E-state index >= 15 is 0 Å². The summed E-state index contributed by atoms with van der Waals surface area (Å²) in [6.45, 7) is 0.623. The zero-order valence-electron chi connectivity index (χ0n) is 7.90. The highest BCUT2D eigenvalue weighted by molar-refractivity contribution is 14.1. The molecule has 5 heteroatoms. The van der Waals surface area contributed by atoms with E-state index in [4.69, 9.17) is 0 Å². The van der Waals surface area contributed by atoms with Gasteiger partial charge in [-0.3, -0.25) is 4.79 Å². The molecule has 0 spiro atoms. The molecule has 15 heavy (non-hydrogen) atoms.